The van der Waals surface area contributed by atoms with Crippen molar-refractivity contribution >= 4 is 0 Å². The van der Waals surface area contributed by atoms with Gasteiger partial charge >= 0.3 is 0 Å². The van der Waals surface area contributed by atoms with Crippen molar-refractivity contribution in [1.29, 1.82) is 0 Å². The van der Waals surface area contributed by atoms with Crippen molar-refractivity contribution in [3.63, 3.8) is 0 Å². The molecule has 134 valence electrons. The topological polar surface area (TPSA) is 61.5 Å². The van der Waals surface area contributed by atoms with Crippen molar-refractivity contribution in [3.8, 4) is 0 Å². The number of aliphatic hydroxyl groups excluding tert-OH is 1. The summed E-state index contributed by atoms with van der Waals surface area (Å²) in [7, 11) is 0. The number of nitrogens with one attached hydrogen (secondary N) is 1. The Morgan fingerprint density at radius 3 is 3.00 bits per heavy atom. The van der Waals surface area contributed by atoms with E-state index in [1.807, 2.05) is 0 Å². The Bertz CT molecular complexity index is 727. The van der Waals surface area contributed by atoms with Gasteiger partial charge in [0.05, 0.1) is 6.10 Å². The number of aryl methyl sites for hydroxylation is 2. The highest BCUT2D eigenvalue weighted by atomic mass is 16.5. The lowest BCUT2D eigenvalue weighted by atomic mass is 9.91. The Labute approximate surface area is 149 Å². The summed E-state index contributed by atoms with van der Waals surface area (Å²) in [6, 6.07) is 9.02. The zero-order chi connectivity index (χ0) is 17.2. The van der Waals surface area contributed by atoms with E-state index in [0.29, 0.717) is 6.04 Å². The summed E-state index contributed by atoms with van der Waals surface area (Å²) in [6.45, 7) is 5.55. The maximum absolute atomic E-state index is 9.71. The SMILES string of the molecule is Cc1ccccc1CNC1CCc2onc(CN3CC[C@@H](O)C3)c2C1. The summed E-state index contributed by atoms with van der Waals surface area (Å²) < 4.78 is 5.59. The summed E-state index contributed by atoms with van der Waals surface area (Å²) in [5.41, 5.74) is 5.05. The number of nitrogens with zero attached hydrogens (tertiary/aromatic N) is 2. The maximum atomic E-state index is 9.71. The molecule has 1 fully saturated rings. The maximum Gasteiger partial charge on any atom is 0.140 e. The first kappa shape index (κ1) is 16.8. The van der Waals surface area contributed by atoms with E-state index in [1.165, 1.54) is 16.7 Å². The van der Waals surface area contributed by atoms with Crippen molar-refractivity contribution in [2.75, 3.05) is 13.1 Å². The van der Waals surface area contributed by atoms with E-state index in [9.17, 15) is 5.11 Å². The lowest BCUT2D eigenvalue weighted by Gasteiger charge is -2.24. The highest BCUT2D eigenvalue weighted by Gasteiger charge is 2.28. The van der Waals surface area contributed by atoms with Crippen molar-refractivity contribution in [2.24, 2.45) is 0 Å². The van der Waals surface area contributed by atoms with Gasteiger partial charge in [-0.05, 0) is 37.3 Å². The molecule has 1 aliphatic heterocycles. The standard InChI is InChI=1S/C20H27N3O2/c1-14-4-2-3-5-15(14)11-21-16-6-7-20-18(10-16)19(22-25-20)13-23-9-8-17(24)12-23/h2-5,16-17,21,24H,6-13H2,1H3/t16?,17-/m1/s1. The molecule has 1 aromatic heterocycles. The number of rotatable bonds is 5. The molecule has 1 aliphatic carbocycles. The molecule has 2 atom stereocenters. The predicted molar refractivity (Wildman–Crippen MR) is 96.2 cm³/mol. The molecule has 0 amide bonds. The quantitative estimate of drug-likeness (QED) is 0.873. The third-order valence-electron chi connectivity index (χ3n) is 5.58. The Morgan fingerprint density at radius 2 is 2.20 bits per heavy atom. The minimum atomic E-state index is -0.189. The Balaban J connectivity index is 1.38. The van der Waals surface area contributed by atoms with Crippen LogP contribution >= 0.6 is 0 Å². The summed E-state index contributed by atoms with van der Waals surface area (Å²) in [5.74, 6) is 1.06. The van der Waals surface area contributed by atoms with Crippen LogP contribution in [0, 0.1) is 6.92 Å². The molecular weight excluding hydrogens is 314 g/mol. The minimum Gasteiger partial charge on any atom is -0.392 e. The lowest BCUT2D eigenvalue weighted by Crippen LogP contribution is -2.34. The smallest absolute Gasteiger partial charge is 0.140 e. The van der Waals surface area contributed by atoms with Crippen LogP contribution in [-0.4, -0.2) is 40.4 Å². The van der Waals surface area contributed by atoms with Crippen LogP contribution in [0.15, 0.2) is 28.8 Å². The molecule has 2 aromatic rings. The molecule has 0 radical (unpaired) electrons. The number of aliphatic hydroxyl groups is 1. The molecule has 0 saturated carbocycles. The van der Waals surface area contributed by atoms with Crippen LogP contribution in [0.3, 0.4) is 0 Å². The highest BCUT2D eigenvalue weighted by Crippen LogP contribution is 2.26. The first-order valence-corrected chi connectivity index (χ1v) is 9.33. The fourth-order valence-electron chi connectivity index (χ4n) is 3.99. The average Bonchev–Trinajstić information content (AvgIpc) is 3.21. The summed E-state index contributed by atoms with van der Waals surface area (Å²) in [4.78, 5) is 2.27. The average molecular weight is 341 g/mol. The number of benzene rings is 1. The van der Waals surface area contributed by atoms with Crippen LogP contribution in [0.4, 0.5) is 0 Å². The number of aromatic nitrogens is 1. The number of β-amino-alcohol motifs (C(OH)–C–C–N with tert-alkyl or cyclic N) is 1. The number of hydrogen-bond acceptors (Lipinski definition) is 5. The fraction of sp³-hybridized carbons (Fsp3) is 0.550. The zero-order valence-corrected chi connectivity index (χ0v) is 14.9. The van der Waals surface area contributed by atoms with Crippen LogP contribution in [0.2, 0.25) is 0 Å². The summed E-state index contributed by atoms with van der Waals surface area (Å²) in [5, 5.41) is 17.8. The lowest BCUT2D eigenvalue weighted by molar-refractivity contribution is 0.173. The highest BCUT2D eigenvalue weighted by molar-refractivity contribution is 5.28. The van der Waals surface area contributed by atoms with Crippen LogP contribution in [0.25, 0.3) is 0 Å². The first-order valence-electron chi connectivity index (χ1n) is 9.33. The van der Waals surface area contributed by atoms with Crippen LogP contribution in [-0.2, 0) is 25.9 Å². The monoisotopic (exact) mass is 341 g/mol. The number of hydrogen-bond donors (Lipinski definition) is 2. The molecule has 1 aromatic carbocycles. The Hall–Kier alpha value is -1.69. The second-order valence-electron chi connectivity index (χ2n) is 7.46. The molecule has 0 spiro atoms. The molecule has 2 heterocycles. The molecule has 5 heteroatoms. The van der Waals surface area contributed by atoms with Gasteiger partial charge in [0.2, 0.25) is 0 Å². The van der Waals surface area contributed by atoms with Gasteiger partial charge in [-0.15, -0.1) is 0 Å². The molecule has 4 rings (SSSR count). The van der Waals surface area contributed by atoms with Gasteiger partial charge in [-0.2, -0.15) is 0 Å². The first-order chi connectivity index (χ1) is 12.2. The molecular formula is C20H27N3O2. The van der Waals surface area contributed by atoms with E-state index >= 15 is 0 Å². The summed E-state index contributed by atoms with van der Waals surface area (Å²) >= 11 is 0. The van der Waals surface area contributed by atoms with E-state index < -0.39 is 0 Å². The summed E-state index contributed by atoms with van der Waals surface area (Å²) in [6.07, 6.45) is 3.70. The normalized spacial score (nSPS) is 23.8. The third-order valence-corrected chi connectivity index (χ3v) is 5.58. The third kappa shape index (κ3) is 3.78. The van der Waals surface area contributed by atoms with E-state index in [1.54, 1.807) is 0 Å². The van der Waals surface area contributed by atoms with Gasteiger partial charge in [-0.25, -0.2) is 0 Å². The predicted octanol–water partition coefficient (Wildman–Crippen LogP) is 2.20. The molecule has 1 unspecified atom stereocenters. The second kappa shape index (κ2) is 7.28. The molecule has 25 heavy (non-hydrogen) atoms. The van der Waals surface area contributed by atoms with Gasteiger partial charge in [-0.3, -0.25) is 4.90 Å². The molecule has 2 N–H and O–H groups in total. The van der Waals surface area contributed by atoms with E-state index in [0.717, 1.165) is 63.3 Å². The minimum absolute atomic E-state index is 0.189. The van der Waals surface area contributed by atoms with E-state index in [-0.39, 0.29) is 6.10 Å². The molecule has 0 bridgehead atoms. The van der Waals surface area contributed by atoms with Gasteiger partial charge in [0, 0.05) is 44.2 Å². The number of fused-ring (bicyclic) bond motifs is 1. The van der Waals surface area contributed by atoms with Crippen molar-refractivity contribution < 1.29 is 9.63 Å². The van der Waals surface area contributed by atoms with Crippen LogP contribution in [0.5, 0.6) is 0 Å². The van der Waals surface area contributed by atoms with E-state index in [2.05, 4.69) is 46.6 Å². The van der Waals surface area contributed by atoms with Crippen LogP contribution < -0.4 is 5.32 Å². The van der Waals surface area contributed by atoms with Crippen molar-refractivity contribution in [3.05, 3.63) is 52.4 Å². The van der Waals surface area contributed by atoms with Gasteiger partial charge in [0.1, 0.15) is 11.5 Å². The van der Waals surface area contributed by atoms with Crippen molar-refractivity contribution in [2.45, 2.75) is 57.8 Å². The van der Waals surface area contributed by atoms with Crippen LogP contribution in [0.1, 0.15) is 41.0 Å². The van der Waals surface area contributed by atoms with Gasteiger partial charge in [-0.1, -0.05) is 29.4 Å². The number of likely N-dealkylation sites (tertiary alicyclic amines) is 1. The molecule has 1 saturated heterocycles. The molecule has 2 aliphatic rings. The van der Waals surface area contributed by atoms with E-state index in [4.69, 9.17) is 4.52 Å². The van der Waals surface area contributed by atoms with Gasteiger partial charge < -0.3 is 14.9 Å². The zero-order valence-electron chi connectivity index (χ0n) is 14.9. The van der Waals surface area contributed by atoms with Crippen molar-refractivity contribution in [1.82, 2.24) is 15.4 Å². The largest absolute Gasteiger partial charge is 0.392 e. The Morgan fingerprint density at radius 1 is 1.32 bits per heavy atom. The molecule has 5 nitrogen and oxygen atoms in total. The second-order valence-corrected chi connectivity index (χ2v) is 7.46. The van der Waals surface area contributed by atoms with Gasteiger partial charge in [0.25, 0.3) is 0 Å². The fourth-order valence-corrected chi connectivity index (χ4v) is 3.99. The van der Waals surface area contributed by atoms with Gasteiger partial charge in [0.15, 0.2) is 0 Å². The Kier molecular flexibility index (Phi) is 4.88.